The van der Waals surface area contributed by atoms with E-state index >= 15 is 0 Å². The summed E-state index contributed by atoms with van der Waals surface area (Å²) in [4.78, 5) is 24.3. The highest BCUT2D eigenvalue weighted by molar-refractivity contribution is 5.92. The molecule has 7 nitrogen and oxygen atoms in total. The molecule has 1 amide bonds. The van der Waals surface area contributed by atoms with Crippen molar-refractivity contribution in [3.8, 4) is 0 Å². The number of nitrogens with zero attached hydrogens (tertiary/aromatic N) is 5. The summed E-state index contributed by atoms with van der Waals surface area (Å²) in [5, 5.41) is 3.81. The third-order valence-electron chi connectivity index (χ3n) is 3.61. The summed E-state index contributed by atoms with van der Waals surface area (Å²) in [5.41, 5.74) is 2.71. The number of aliphatic imine (C=N–C) groups is 1. The summed E-state index contributed by atoms with van der Waals surface area (Å²) >= 11 is 0. The highest BCUT2D eigenvalue weighted by atomic mass is 16.2. The zero-order chi connectivity index (χ0) is 16.8. The van der Waals surface area contributed by atoms with Crippen molar-refractivity contribution in [1.82, 2.24) is 20.2 Å². The van der Waals surface area contributed by atoms with Crippen molar-refractivity contribution < 1.29 is 4.79 Å². The first-order valence-electron chi connectivity index (χ1n) is 7.67. The van der Waals surface area contributed by atoms with Crippen LogP contribution in [-0.2, 0) is 0 Å². The number of aromatic nitrogens is 1. The largest absolute Gasteiger partial charge is 0.367 e. The smallest absolute Gasteiger partial charge is 0.290 e. The van der Waals surface area contributed by atoms with E-state index < -0.39 is 0 Å². The summed E-state index contributed by atoms with van der Waals surface area (Å²) in [5.74, 6) is 1.73. The van der Waals surface area contributed by atoms with Crippen LogP contribution in [0.2, 0.25) is 0 Å². The van der Waals surface area contributed by atoms with Crippen LogP contribution in [0.4, 0.5) is 5.82 Å². The van der Waals surface area contributed by atoms with Gasteiger partial charge in [0.15, 0.2) is 5.82 Å². The maximum absolute atomic E-state index is 11.9. The molecule has 2 atom stereocenters. The Morgan fingerprint density at radius 3 is 2.78 bits per heavy atom. The lowest BCUT2D eigenvalue weighted by molar-refractivity contribution is 0.0950. The number of pyridine rings is 1. The van der Waals surface area contributed by atoms with E-state index in [1.165, 1.54) is 12.8 Å². The van der Waals surface area contributed by atoms with Gasteiger partial charge in [-0.3, -0.25) is 4.79 Å². The van der Waals surface area contributed by atoms with Crippen LogP contribution in [0.1, 0.15) is 23.8 Å². The summed E-state index contributed by atoms with van der Waals surface area (Å²) in [7, 11) is 5.64. The van der Waals surface area contributed by atoms with Crippen molar-refractivity contribution in [2.75, 3.05) is 27.7 Å². The second kappa shape index (κ2) is 7.71. The van der Waals surface area contributed by atoms with Crippen molar-refractivity contribution >= 4 is 24.4 Å². The van der Waals surface area contributed by atoms with Gasteiger partial charge in [-0.2, -0.15) is 5.10 Å². The van der Waals surface area contributed by atoms with Gasteiger partial charge >= 0.3 is 0 Å². The lowest BCUT2D eigenvalue weighted by atomic mass is 10.3. The average Bonchev–Trinajstić information content (AvgIpc) is 3.20. The van der Waals surface area contributed by atoms with Crippen LogP contribution < -0.4 is 5.43 Å². The standard InChI is InChI=1S/C16H24N6O/c1-12-8-13(12)9-22(4)10-17-15-7-5-6-14(19-15)16(23)20-18-11-21(2)3/h5-7,10-13H,8-9H2,1-4H3,(H,20,23)/b17-10+,18-11+/t12?,13-/m1/s1. The highest BCUT2D eigenvalue weighted by Crippen LogP contribution is 2.37. The molecule has 0 spiro atoms. The predicted octanol–water partition coefficient (Wildman–Crippen LogP) is 1.56. The first kappa shape index (κ1) is 16.9. The number of carbonyl (C=O) groups excluding carboxylic acids is 1. The molecule has 0 aromatic carbocycles. The molecule has 7 heteroatoms. The van der Waals surface area contributed by atoms with Gasteiger partial charge in [0, 0.05) is 27.7 Å². The molecule has 23 heavy (non-hydrogen) atoms. The molecule has 0 radical (unpaired) electrons. The third-order valence-corrected chi connectivity index (χ3v) is 3.61. The SMILES string of the molecule is CC1C[C@@H]1CN(C)/C=N/c1cccc(C(=O)N/N=C/N(C)C)n1. The van der Waals surface area contributed by atoms with Crippen LogP contribution in [0, 0.1) is 11.8 Å². The summed E-state index contributed by atoms with van der Waals surface area (Å²) < 4.78 is 0. The number of nitrogens with one attached hydrogen (secondary N) is 1. The van der Waals surface area contributed by atoms with E-state index in [0.29, 0.717) is 5.82 Å². The lowest BCUT2D eigenvalue weighted by Gasteiger charge is -2.11. The summed E-state index contributed by atoms with van der Waals surface area (Å²) in [6.07, 6.45) is 4.56. The maximum atomic E-state index is 11.9. The van der Waals surface area contributed by atoms with Gasteiger partial charge in [-0.25, -0.2) is 15.4 Å². The first-order valence-corrected chi connectivity index (χ1v) is 7.67. The average molecular weight is 316 g/mol. The van der Waals surface area contributed by atoms with Crippen LogP contribution in [0.5, 0.6) is 0 Å². The van der Waals surface area contributed by atoms with E-state index in [9.17, 15) is 4.79 Å². The number of carbonyl (C=O) groups is 1. The van der Waals surface area contributed by atoms with Crippen LogP contribution in [-0.4, -0.2) is 61.1 Å². The zero-order valence-corrected chi connectivity index (χ0v) is 14.1. The Kier molecular flexibility index (Phi) is 5.67. The topological polar surface area (TPSA) is 73.2 Å². The Bertz CT molecular complexity index is 598. The molecule has 1 aliphatic carbocycles. The van der Waals surface area contributed by atoms with Crippen molar-refractivity contribution in [2.45, 2.75) is 13.3 Å². The van der Waals surface area contributed by atoms with E-state index in [0.717, 1.165) is 18.4 Å². The molecule has 0 aliphatic heterocycles. The Morgan fingerprint density at radius 2 is 2.13 bits per heavy atom. The molecular formula is C16H24N6O. The minimum atomic E-state index is -0.361. The minimum Gasteiger partial charge on any atom is -0.367 e. The van der Waals surface area contributed by atoms with Crippen molar-refractivity contribution in [1.29, 1.82) is 0 Å². The molecule has 1 aromatic rings. The quantitative estimate of drug-likeness (QED) is 0.471. The number of hydrogen-bond donors (Lipinski definition) is 1. The zero-order valence-electron chi connectivity index (χ0n) is 14.1. The Morgan fingerprint density at radius 1 is 1.39 bits per heavy atom. The maximum Gasteiger partial charge on any atom is 0.290 e. The molecule has 1 unspecified atom stereocenters. The van der Waals surface area contributed by atoms with Gasteiger partial charge in [-0.15, -0.1) is 0 Å². The van der Waals surface area contributed by atoms with Gasteiger partial charge in [-0.05, 0) is 30.4 Å². The Balaban J connectivity index is 1.92. The molecule has 1 saturated carbocycles. The van der Waals surface area contributed by atoms with Gasteiger partial charge in [0.25, 0.3) is 5.91 Å². The van der Waals surface area contributed by atoms with Crippen molar-refractivity contribution in [3.63, 3.8) is 0 Å². The third kappa shape index (κ3) is 5.69. The molecular weight excluding hydrogens is 292 g/mol. The Hall–Kier alpha value is -2.44. The molecule has 1 N–H and O–H groups in total. The minimum absolute atomic E-state index is 0.286. The number of rotatable bonds is 7. The fourth-order valence-electron chi connectivity index (χ4n) is 2.11. The fraction of sp³-hybridized carbons (Fsp3) is 0.500. The number of hydrazone groups is 1. The molecule has 124 valence electrons. The Labute approximate surface area is 137 Å². The fourth-order valence-corrected chi connectivity index (χ4v) is 2.11. The predicted molar refractivity (Wildman–Crippen MR) is 91.9 cm³/mol. The van der Waals surface area contributed by atoms with Gasteiger partial charge in [-0.1, -0.05) is 13.0 Å². The molecule has 1 heterocycles. The second-order valence-electron chi connectivity index (χ2n) is 6.19. The monoisotopic (exact) mass is 316 g/mol. The van der Waals surface area contributed by atoms with Gasteiger partial charge in [0.1, 0.15) is 12.0 Å². The van der Waals surface area contributed by atoms with Crippen molar-refractivity contribution in [2.24, 2.45) is 21.9 Å². The van der Waals surface area contributed by atoms with E-state index in [2.05, 4.69) is 32.3 Å². The van der Waals surface area contributed by atoms with E-state index in [1.807, 2.05) is 21.1 Å². The second-order valence-corrected chi connectivity index (χ2v) is 6.19. The van der Waals surface area contributed by atoms with Crippen LogP contribution in [0.3, 0.4) is 0 Å². The normalized spacial score (nSPS) is 20.0. The van der Waals surface area contributed by atoms with Gasteiger partial charge in [0.05, 0.1) is 6.34 Å². The number of amides is 1. The molecule has 1 fully saturated rings. The summed E-state index contributed by atoms with van der Waals surface area (Å²) in [6.45, 7) is 3.27. The highest BCUT2D eigenvalue weighted by Gasteiger charge is 2.32. The van der Waals surface area contributed by atoms with Gasteiger partial charge < -0.3 is 9.80 Å². The van der Waals surface area contributed by atoms with Crippen LogP contribution in [0.25, 0.3) is 0 Å². The number of hydrogen-bond acceptors (Lipinski definition) is 4. The molecule has 0 bridgehead atoms. The van der Waals surface area contributed by atoms with E-state index in [4.69, 9.17) is 0 Å². The molecule has 2 rings (SSSR count). The molecule has 0 saturated heterocycles. The first-order chi connectivity index (χ1) is 11.0. The van der Waals surface area contributed by atoms with Crippen molar-refractivity contribution in [3.05, 3.63) is 23.9 Å². The van der Waals surface area contributed by atoms with Crippen LogP contribution in [0.15, 0.2) is 28.3 Å². The molecule has 1 aromatic heterocycles. The lowest BCUT2D eigenvalue weighted by Crippen LogP contribution is -2.21. The van der Waals surface area contributed by atoms with E-state index in [1.54, 1.807) is 29.4 Å². The van der Waals surface area contributed by atoms with Gasteiger partial charge in [0.2, 0.25) is 0 Å². The summed E-state index contributed by atoms with van der Waals surface area (Å²) in [6, 6.07) is 5.16. The molecule has 1 aliphatic rings. The van der Waals surface area contributed by atoms with Crippen LogP contribution >= 0.6 is 0 Å². The van der Waals surface area contributed by atoms with E-state index in [-0.39, 0.29) is 11.6 Å².